The summed E-state index contributed by atoms with van der Waals surface area (Å²) in [5.74, 6) is 1.71. The highest BCUT2D eigenvalue weighted by Gasteiger charge is 2.15. The lowest BCUT2D eigenvalue weighted by atomic mass is 9.97. The fourth-order valence-corrected chi connectivity index (χ4v) is 3.13. The van der Waals surface area contributed by atoms with Crippen molar-refractivity contribution >= 4 is 11.7 Å². The molecule has 1 aliphatic heterocycles. The first-order valence-electron chi connectivity index (χ1n) is 8.91. The van der Waals surface area contributed by atoms with Crippen LogP contribution in [0.15, 0.2) is 42.6 Å². The molecule has 1 amide bonds. The number of hydrogen-bond acceptors (Lipinski definition) is 4. The molecule has 0 spiro atoms. The molecule has 5 nitrogen and oxygen atoms in total. The minimum Gasteiger partial charge on any atom is -0.490 e. The van der Waals surface area contributed by atoms with Crippen molar-refractivity contribution in [2.24, 2.45) is 5.92 Å². The molecule has 25 heavy (non-hydrogen) atoms. The van der Waals surface area contributed by atoms with Gasteiger partial charge in [-0.25, -0.2) is 4.98 Å². The predicted octanol–water partition coefficient (Wildman–Crippen LogP) is 2.81. The van der Waals surface area contributed by atoms with Crippen molar-refractivity contribution in [3.05, 3.63) is 53.7 Å². The van der Waals surface area contributed by atoms with E-state index >= 15 is 0 Å². The number of amides is 1. The Balaban J connectivity index is 1.55. The van der Waals surface area contributed by atoms with Crippen LogP contribution in [0.2, 0.25) is 0 Å². The number of nitrogens with zero attached hydrogens (tertiary/aromatic N) is 1. The summed E-state index contributed by atoms with van der Waals surface area (Å²) >= 11 is 0. The van der Waals surface area contributed by atoms with E-state index < -0.39 is 0 Å². The summed E-state index contributed by atoms with van der Waals surface area (Å²) in [5, 5.41) is 6.23. The number of ether oxygens (including phenoxy) is 1. The molecule has 1 aromatic heterocycles. The summed E-state index contributed by atoms with van der Waals surface area (Å²) in [6.07, 6.45) is 4.32. The fraction of sp³-hybridized carbons (Fsp3) is 0.400. The monoisotopic (exact) mass is 339 g/mol. The molecule has 1 aromatic carbocycles. The van der Waals surface area contributed by atoms with E-state index in [4.69, 9.17) is 4.74 Å². The summed E-state index contributed by atoms with van der Waals surface area (Å²) in [6, 6.07) is 11.9. The number of rotatable bonds is 7. The summed E-state index contributed by atoms with van der Waals surface area (Å²) in [5.41, 5.74) is 2.33. The van der Waals surface area contributed by atoms with E-state index in [0.717, 1.165) is 31.0 Å². The van der Waals surface area contributed by atoms with Gasteiger partial charge in [-0.1, -0.05) is 24.3 Å². The molecule has 132 valence electrons. The van der Waals surface area contributed by atoms with Crippen LogP contribution in [0.3, 0.4) is 0 Å². The van der Waals surface area contributed by atoms with Crippen molar-refractivity contribution in [2.75, 3.05) is 25.0 Å². The lowest BCUT2D eigenvalue weighted by Gasteiger charge is -2.11. The van der Waals surface area contributed by atoms with Gasteiger partial charge in [0.15, 0.2) is 11.6 Å². The minimum absolute atomic E-state index is 0.0904. The number of pyridine rings is 1. The third-order valence-electron chi connectivity index (χ3n) is 4.40. The maximum absolute atomic E-state index is 12.3. The quantitative estimate of drug-likeness (QED) is 0.814. The molecule has 0 aliphatic carbocycles. The highest BCUT2D eigenvalue weighted by atomic mass is 16.5. The number of anilines is 1. The molecule has 5 heteroatoms. The molecule has 0 radical (unpaired) electrons. The lowest BCUT2D eigenvalue weighted by Crippen LogP contribution is -2.16. The Morgan fingerprint density at radius 2 is 2.08 bits per heavy atom. The molecule has 3 rings (SSSR count). The van der Waals surface area contributed by atoms with Gasteiger partial charge in [0.25, 0.3) is 0 Å². The zero-order chi connectivity index (χ0) is 17.5. The van der Waals surface area contributed by atoms with Crippen molar-refractivity contribution in [3.8, 4) is 5.75 Å². The molecular weight excluding hydrogens is 314 g/mol. The lowest BCUT2D eigenvalue weighted by molar-refractivity contribution is -0.115. The van der Waals surface area contributed by atoms with Crippen LogP contribution in [0.4, 0.5) is 5.82 Å². The second-order valence-electron chi connectivity index (χ2n) is 6.39. The van der Waals surface area contributed by atoms with Crippen LogP contribution in [0.5, 0.6) is 5.75 Å². The first kappa shape index (κ1) is 17.4. The molecule has 0 bridgehead atoms. The molecule has 0 saturated carbocycles. The molecule has 1 fully saturated rings. The molecule has 2 N–H and O–H groups in total. The van der Waals surface area contributed by atoms with Crippen LogP contribution >= 0.6 is 0 Å². The molecule has 2 aromatic rings. The third kappa shape index (κ3) is 5.03. The zero-order valence-corrected chi connectivity index (χ0v) is 14.6. The van der Waals surface area contributed by atoms with E-state index in [1.54, 1.807) is 18.3 Å². The second-order valence-corrected chi connectivity index (χ2v) is 6.39. The number of carbonyl (C=O) groups is 1. The maximum atomic E-state index is 12.3. The van der Waals surface area contributed by atoms with Crippen LogP contribution in [0.1, 0.15) is 24.5 Å². The van der Waals surface area contributed by atoms with Crippen molar-refractivity contribution in [1.82, 2.24) is 10.3 Å². The van der Waals surface area contributed by atoms with Crippen molar-refractivity contribution in [3.63, 3.8) is 0 Å². The summed E-state index contributed by atoms with van der Waals surface area (Å²) in [6.45, 7) is 4.67. The normalized spacial score (nSPS) is 16.6. The third-order valence-corrected chi connectivity index (χ3v) is 4.40. The van der Waals surface area contributed by atoms with Crippen LogP contribution < -0.4 is 15.4 Å². The Labute approximate surface area is 148 Å². The number of benzene rings is 1. The Morgan fingerprint density at radius 3 is 2.80 bits per heavy atom. The highest BCUT2D eigenvalue weighted by molar-refractivity contribution is 5.92. The van der Waals surface area contributed by atoms with Gasteiger partial charge < -0.3 is 15.4 Å². The van der Waals surface area contributed by atoms with Crippen molar-refractivity contribution in [2.45, 2.75) is 26.2 Å². The predicted molar refractivity (Wildman–Crippen MR) is 98.9 cm³/mol. The standard InChI is InChI=1S/C20H25N3O2/c1-2-25-18-4-3-10-22-20(18)23-19(24)13-16-7-5-15(6-8-16)12-17-9-11-21-14-17/h3-8,10,17,21H,2,9,11-14H2,1H3,(H,22,23,24). The van der Waals surface area contributed by atoms with Crippen LogP contribution in [0.25, 0.3) is 0 Å². The van der Waals surface area contributed by atoms with Crippen LogP contribution in [0, 0.1) is 5.92 Å². The van der Waals surface area contributed by atoms with Crippen LogP contribution in [-0.2, 0) is 17.6 Å². The number of nitrogens with one attached hydrogen (secondary N) is 2. The first-order valence-corrected chi connectivity index (χ1v) is 8.91. The summed E-state index contributed by atoms with van der Waals surface area (Å²) < 4.78 is 5.48. The number of aromatic nitrogens is 1. The van der Waals surface area contributed by atoms with E-state index in [2.05, 4.69) is 27.8 Å². The van der Waals surface area contributed by atoms with Gasteiger partial charge in [-0.15, -0.1) is 0 Å². The van der Waals surface area contributed by atoms with E-state index in [1.807, 2.05) is 19.1 Å². The van der Waals surface area contributed by atoms with Gasteiger partial charge in [-0.3, -0.25) is 4.79 Å². The topological polar surface area (TPSA) is 63.2 Å². The molecule has 1 aliphatic rings. The van der Waals surface area contributed by atoms with Gasteiger partial charge in [-0.05, 0) is 62.0 Å². The minimum atomic E-state index is -0.0904. The fourth-order valence-electron chi connectivity index (χ4n) is 3.13. The second kappa shape index (κ2) is 8.62. The first-order chi connectivity index (χ1) is 12.2. The number of hydrogen-bond donors (Lipinski definition) is 2. The Morgan fingerprint density at radius 1 is 1.28 bits per heavy atom. The van der Waals surface area contributed by atoms with E-state index in [0.29, 0.717) is 24.6 Å². The van der Waals surface area contributed by atoms with Gasteiger partial charge >= 0.3 is 0 Å². The zero-order valence-electron chi connectivity index (χ0n) is 14.6. The molecule has 1 atom stereocenters. The van der Waals surface area contributed by atoms with Crippen molar-refractivity contribution < 1.29 is 9.53 Å². The SMILES string of the molecule is CCOc1cccnc1NC(=O)Cc1ccc(CC2CCNC2)cc1. The van der Waals surface area contributed by atoms with E-state index in [-0.39, 0.29) is 5.91 Å². The van der Waals surface area contributed by atoms with E-state index in [1.165, 1.54) is 12.0 Å². The molecule has 1 unspecified atom stereocenters. The van der Waals surface area contributed by atoms with Gasteiger partial charge in [0, 0.05) is 6.20 Å². The Bertz CT molecular complexity index is 694. The molecule has 2 heterocycles. The highest BCUT2D eigenvalue weighted by Crippen LogP contribution is 2.21. The smallest absolute Gasteiger partial charge is 0.230 e. The van der Waals surface area contributed by atoms with Gasteiger partial charge in [0.2, 0.25) is 5.91 Å². The Hall–Kier alpha value is -2.40. The maximum Gasteiger partial charge on any atom is 0.230 e. The Kier molecular flexibility index (Phi) is 6.01. The van der Waals surface area contributed by atoms with Gasteiger partial charge in [0.05, 0.1) is 13.0 Å². The van der Waals surface area contributed by atoms with Gasteiger partial charge in [-0.2, -0.15) is 0 Å². The van der Waals surface area contributed by atoms with E-state index in [9.17, 15) is 4.79 Å². The summed E-state index contributed by atoms with van der Waals surface area (Å²) in [7, 11) is 0. The summed E-state index contributed by atoms with van der Waals surface area (Å²) in [4.78, 5) is 16.5. The largest absolute Gasteiger partial charge is 0.490 e. The van der Waals surface area contributed by atoms with Crippen LogP contribution in [-0.4, -0.2) is 30.6 Å². The molecule has 1 saturated heterocycles. The number of carbonyl (C=O) groups excluding carboxylic acids is 1. The molecular formula is C20H25N3O2. The van der Waals surface area contributed by atoms with Crippen molar-refractivity contribution in [1.29, 1.82) is 0 Å². The van der Waals surface area contributed by atoms with Gasteiger partial charge in [0.1, 0.15) is 0 Å². The average molecular weight is 339 g/mol. The average Bonchev–Trinajstić information content (AvgIpc) is 3.12.